The summed E-state index contributed by atoms with van der Waals surface area (Å²) >= 11 is 2.77. The normalized spacial score (nSPS) is 11.8. The van der Waals surface area contributed by atoms with Crippen molar-refractivity contribution in [3.63, 3.8) is 0 Å². The standard InChI is InChI=1S/C18H15N3O2S3/c1-11-10-13(17-20-15-4-3-9-19-18(15)25-17)6-7-14(11)21-26(22,23)16-8-5-12(2)24-16/h3-10,21H,1-2H3. The molecule has 0 saturated carbocycles. The van der Waals surface area contributed by atoms with Gasteiger partial charge in [0, 0.05) is 16.6 Å². The van der Waals surface area contributed by atoms with Crippen LogP contribution in [0.1, 0.15) is 10.4 Å². The highest BCUT2D eigenvalue weighted by atomic mass is 32.2. The zero-order valence-corrected chi connectivity index (χ0v) is 16.5. The maximum absolute atomic E-state index is 12.5. The zero-order chi connectivity index (χ0) is 18.3. The maximum atomic E-state index is 12.5. The van der Waals surface area contributed by atoms with Crippen molar-refractivity contribution in [1.29, 1.82) is 0 Å². The Morgan fingerprint density at radius 3 is 2.58 bits per heavy atom. The minimum atomic E-state index is -3.57. The lowest BCUT2D eigenvalue weighted by molar-refractivity contribution is 0.603. The molecule has 5 nitrogen and oxygen atoms in total. The molecule has 0 atom stereocenters. The first-order valence-corrected chi connectivity index (χ1v) is 11.0. The molecule has 0 spiro atoms. The average molecular weight is 402 g/mol. The van der Waals surface area contributed by atoms with E-state index in [1.54, 1.807) is 24.4 Å². The number of hydrogen-bond donors (Lipinski definition) is 1. The fourth-order valence-corrected chi connectivity index (χ4v) is 5.87. The molecule has 8 heteroatoms. The Morgan fingerprint density at radius 1 is 1.04 bits per heavy atom. The molecule has 0 radical (unpaired) electrons. The molecule has 0 fully saturated rings. The van der Waals surface area contributed by atoms with E-state index in [1.807, 2.05) is 38.1 Å². The van der Waals surface area contributed by atoms with Crippen molar-refractivity contribution in [2.75, 3.05) is 4.72 Å². The molecule has 4 rings (SSSR count). The number of fused-ring (bicyclic) bond motifs is 1. The van der Waals surface area contributed by atoms with Crippen molar-refractivity contribution >= 4 is 48.7 Å². The number of anilines is 1. The first-order valence-electron chi connectivity index (χ1n) is 7.84. The Morgan fingerprint density at radius 2 is 1.88 bits per heavy atom. The minimum absolute atomic E-state index is 0.315. The number of benzene rings is 1. The molecule has 0 aliphatic carbocycles. The Kier molecular flexibility index (Phi) is 4.26. The van der Waals surface area contributed by atoms with Crippen LogP contribution in [-0.2, 0) is 10.0 Å². The van der Waals surface area contributed by atoms with Gasteiger partial charge in [0.2, 0.25) is 0 Å². The summed E-state index contributed by atoms with van der Waals surface area (Å²) in [6.45, 7) is 3.77. The molecule has 0 unspecified atom stereocenters. The molecule has 3 aromatic heterocycles. The summed E-state index contributed by atoms with van der Waals surface area (Å²) in [6.07, 6.45) is 1.75. The van der Waals surface area contributed by atoms with Crippen LogP contribution in [0.25, 0.3) is 20.9 Å². The van der Waals surface area contributed by atoms with Gasteiger partial charge in [-0.15, -0.1) is 11.3 Å². The van der Waals surface area contributed by atoms with Crippen LogP contribution in [-0.4, -0.2) is 18.4 Å². The smallest absolute Gasteiger partial charge is 0.271 e. The summed E-state index contributed by atoms with van der Waals surface area (Å²) in [5.74, 6) is 0. The fourth-order valence-electron chi connectivity index (χ4n) is 2.56. The SMILES string of the molecule is Cc1ccc(S(=O)(=O)Nc2ccc(-c3nc4cccnc4s3)cc2C)s1. The lowest BCUT2D eigenvalue weighted by atomic mass is 10.1. The molecule has 0 amide bonds. The minimum Gasteiger partial charge on any atom is -0.279 e. The number of aromatic nitrogens is 2. The molecule has 0 saturated heterocycles. The lowest BCUT2D eigenvalue weighted by Gasteiger charge is -2.10. The van der Waals surface area contributed by atoms with Crippen LogP contribution in [0.5, 0.6) is 0 Å². The van der Waals surface area contributed by atoms with E-state index in [4.69, 9.17) is 0 Å². The molecular weight excluding hydrogens is 386 g/mol. The van der Waals surface area contributed by atoms with Crippen molar-refractivity contribution in [1.82, 2.24) is 9.97 Å². The topological polar surface area (TPSA) is 72.0 Å². The first kappa shape index (κ1) is 17.1. The highest BCUT2D eigenvalue weighted by Crippen LogP contribution is 2.32. The van der Waals surface area contributed by atoms with E-state index < -0.39 is 10.0 Å². The Labute approximate surface area is 159 Å². The molecule has 1 N–H and O–H groups in total. The fraction of sp³-hybridized carbons (Fsp3) is 0.111. The van der Waals surface area contributed by atoms with Crippen molar-refractivity contribution < 1.29 is 8.42 Å². The van der Waals surface area contributed by atoms with Crippen LogP contribution < -0.4 is 4.72 Å². The highest BCUT2D eigenvalue weighted by Gasteiger charge is 2.18. The Hall–Kier alpha value is -2.29. The quantitative estimate of drug-likeness (QED) is 0.531. The monoisotopic (exact) mass is 401 g/mol. The Bertz CT molecular complexity index is 1180. The van der Waals surface area contributed by atoms with E-state index in [1.165, 1.54) is 22.7 Å². The van der Waals surface area contributed by atoms with E-state index in [0.29, 0.717) is 9.90 Å². The number of nitrogens with one attached hydrogen (secondary N) is 1. The third kappa shape index (κ3) is 3.23. The second-order valence-corrected chi connectivity index (χ2v) is 10.0. The van der Waals surface area contributed by atoms with Gasteiger partial charge in [-0.05, 0) is 61.9 Å². The third-order valence-corrected chi connectivity index (χ3v) is 7.75. The lowest BCUT2D eigenvalue weighted by Crippen LogP contribution is -2.12. The van der Waals surface area contributed by atoms with Gasteiger partial charge in [-0.2, -0.15) is 0 Å². The van der Waals surface area contributed by atoms with Crippen LogP contribution in [0.15, 0.2) is 52.9 Å². The molecule has 0 aliphatic heterocycles. The van der Waals surface area contributed by atoms with Gasteiger partial charge < -0.3 is 0 Å². The van der Waals surface area contributed by atoms with Crippen LogP contribution >= 0.6 is 22.7 Å². The van der Waals surface area contributed by atoms with Crippen LogP contribution in [0.4, 0.5) is 5.69 Å². The molecule has 3 heterocycles. The van der Waals surface area contributed by atoms with Crippen LogP contribution in [0.2, 0.25) is 0 Å². The summed E-state index contributed by atoms with van der Waals surface area (Å²) in [7, 11) is -3.57. The number of sulfonamides is 1. The number of thiophene rings is 1. The van der Waals surface area contributed by atoms with Gasteiger partial charge in [-0.25, -0.2) is 18.4 Å². The van der Waals surface area contributed by atoms with Crippen molar-refractivity contribution in [3.05, 3.63) is 59.1 Å². The van der Waals surface area contributed by atoms with E-state index in [0.717, 1.165) is 31.4 Å². The summed E-state index contributed by atoms with van der Waals surface area (Å²) in [4.78, 5) is 10.8. The third-order valence-electron chi connectivity index (χ3n) is 3.86. The molecular formula is C18H15N3O2S3. The van der Waals surface area contributed by atoms with Gasteiger partial charge in [0.15, 0.2) is 0 Å². The van der Waals surface area contributed by atoms with Crippen molar-refractivity contribution in [2.24, 2.45) is 0 Å². The first-order chi connectivity index (χ1) is 12.4. The average Bonchev–Trinajstić information content (AvgIpc) is 3.23. The van der Waals surface area contributed by atoms with Gasteiger partial charge in [0.05, 0.1) is 5.69 Å². The maximum Gasteiger partial charge on any atom is 0.271 e. The molecule has 0 bridgehead atoms. The van der Waals surface area contributed by atoms with Gasteiger partial charge in [-0.3, -0.25) is 4.72 Å². The van der Waals surface area contributed by atoms with Gasteiger partial charge in [0.1, 0.15) is 19.6 Å². The number of nitrogens with zero attached hydrogens (tertiary/aromatic N) is 2. The predicted molar refractivity (Wildman–Crippen MR) is 107 cm³/mol. The van der Waals surface area contributed by atoms with E-state index >= 15 is 0 Å². The summed E-state index contributed by atoms with van der Waals surface area (Å²) < 4.78 is 28.0. The Balaban J connectivity index is 1.65. The van der Waals surface area contributed by atoms with Crippen LogP contribution in [0.3, 0.4) is 0 Å². The predicted octanol–water partition coefficient (Wildman–Crippen LogP) is 4.84. The van der Waals surface area contributed by atoms with E-state index in [9.17, 15) is 8.42 Å². The van der Waals surface area contributed by atoms with Gasteiger partial charge >= 0.3 is 0 Å². The van der Waals surface area contributed by atoms with Crippen LogP contribution in [0, 0.1) is 13.8 Å². The number of aryl methyl sites for hydroxylation is 2. The van der Waals surface area contributed by atoms with Crippen molar-refractivity contribution in [2.45, 2.75) is 18.1 Å². The van der Waals surface area contributed by atoms with E-state index in [2.05, 4.69) is 14.7 Å². The molecule has 132 valence electrons. The van der Waals surface area contributed by atoms with Gasteiger partial charge in [0.25, 0.3) is 10.0 Å². The summed E-state index contributed by atoms with van der Waals surface area (Å²) in [5.41, 5.74) is 3.22. The van der Waals surface area contributed by atoms with Crippen molar-refractivity contribution in [3.8, 4) is 10.6 Å². The van der Waals surface area contributed by atoms with Gasteiger partial charge in [-0.1, -0.05) is 11.3 Å². The second-order valence-electron chi connectivity index (χ2n) is 5.85. The largest absolute Gasteiger partial charge is 0.279 e. The molecule has 4 aromatic rings. The molecule has 1 aromatic carbocycles. The number of pyridine rings is 1. The molecule has 0 aliphatic rings. The summed E-state index contributed by atoms with van der Waals surface area (Å²) in [5, 5.41) is 0.866. The number of hydrogen-bond acceptors (Lipinski definition) is 6. The number of rotatable bonds is 4. The highest BCUT2D eigenvalue weighted by molar-refractivity contribution is 7.94. The second kappa shape index (κ2) is 6.46. The van der Waals surface area contributed by atoms with E-state index in [-0.39, 0.29) is 0 Å². The molecule has 26 heavy (non-hydrogen) atoms. The summed E-state index contributed by atoms with van der Waals surface area (Å²) in [6, 6.07) is 12.8. The number of thiazole rings is 1. The zero-order valence-electron chi connectivity index (χ0n) is 14.1.